The van der Waals surface area contributed by atoms with Crippen molar-refractivity contribution in [2.75, 3.05) is 13.7 Å². The molecule has 0 aliphatic heterocycles. The van der Waals surface area contributed by atoms with Crippen molar-refractivity contribution in [3.8, 4) is 11.6 Å². The Morgan fingerprint density at radius 3 is 3.18 bits per heavy atom. The minimum absolute atomic E-state index is 0.263. The van der Waals surface area contributed by atoms with Crippen LogP contribution in [-0.4, -0.2) is 33.8 Å². The van der Waals surface area contributed by atoms with Crippen molar-refractivity contribution in [2.24, 2.45) is 5.73 Å². The highest BCUT2D eigenvalue weighted by atomic mass is 16.5. The predicted molar refractivity (Wildman–Crippen MR) is 59.9 cm³/mol. The van der Waals surface area contributed by atoms with Crippen LogP contribution in [0.25, 0.3) is 11.6 Å². The third-order valence-electron chi connectivity index (χ3n) is 2.33. The molecule has 0 aromatic carbocycles. The van der Waals surface area contributed by atoms with Crippen LogP contribution in [0, 0.1) is 0 Å². The highest BCUT2D eigenvalue weighted by Gasteiger charge is 2.16. The molecule has 7 nitrogen and oxygen atoms in total. The number of H-pyrrole nitrogens is 1. The van der Waals surface area contributed by atoms with E-state index in [0.29, 0.717) is 24.1 Å². The quantitative estimate of drug-likeness (QED) is 0.723. The maximum Gasteiger partial charge on any atom is 0.243 e. The second-order valence-corrected chi connectivity index (χ2v) is 3.64. The molecule has 3 N–H and O–H groups in total. The van der Waals surface area contributed by atoms with E-state index in [2.05, 4.69) is 20.1 Å². The number of ether oxygens (including phenoxy) is 1. The molecule has 0 saturated carbocycles. The summed E-state index contributed by atoms with van der Waals surface area (Å²) in [6, 6.07) is -0.263. The minimum Gasteiger partial charge on any atom is -0.385 e. The highest BCUT2D eigenvalue weighted by Crippen LogP contribution is 2.17. The van der Waals surface area contributed by atoms with E-state index in [1.54, 1.807) is 19.5 Å². The monoisotopic (exact) mass is 237 g/mol. The van der Waals surface area contributed by atoms with E-state index in [1.165, 1.54) is 0 Å². The van der Waals surface area contributed by atoms with Gasteiger partial charge in [0.15, 0.2) is 5.82 Å². The predicted octanol–water partition coefficient (Wildman–Crippen LogP) is 0.886. The molecule has 7 heteroatoms. The number of nitrogens with zero attached hydrogens (tertiary/aromatic N) is 3. The molecule has 92 valence electrons. The zero-order chi connectivity index (χ0) is 12.1. The van der Waals surface area contributed by atoms with Crippen molar-refractivity contribution in [3.63, 3.8) is 0 Å². The van der Waals surface area contributed by atoms with Crippen LogP contribution in [0.4, 0.5) is 0 Å². The number of aromatic amines is 1. The lowest BCUT2D eigenvalue weighted by atomic mass is 10.2. The third-order valence-corrected chi connectivity index (χ3v) is 2.33. The maximum absolute atomic E-state index is 5.92. The minimum atomic E-state index is -0.263. The van der Waals surface area contributed by atoms with Gasteiger partial charge in [0.05, 0.1) is 6.04 Å². The second-order valence-electron chi connectivity index (χ2n) is 3.64. The van der Waals surface area contributed by atoms with Gasteiger partial charge in [-0.15, -0.1) is 0 Å². The fourth-order valence-electron chi connectivity index (χ4n) is 1.44. The molecule has 2 rings (SSSR count). The molecular weight excluding hydrogens is 222 g/mol. The summed E-state index contributed by atoms with van der Waals surface area (Å²) < 4.78 is 10.0. The van der Waals surface area contributed by atoms with Gasteiger partial charge in [0.2, 0.25) is 11.7 Å². The van der Waals surface area contributed by atoms with E-state index in [1.807, 2.05) is 0 Å². The average molecular weight is 237 g/mol. The summed E-state index contributed by atoms with van der Waals surface area (Å²) in [4.78, 5) is 11.1. The molecule has 0 fully saturated rings. The van der Waals surface area contributed by atoms with Gasteiger partial charge in [0.25, 0.3) is 0 Å². The van der Waals surface area contributed by atoms with Crippen LogP contribution >= 0.6 is 0 Å². The summed E-state index contributed by atoms with van der Waals surface area (Å²) >= 11 is 0. The van der Waals surface area contributed by atoms with Crippen molar-refractivity contribution >= 4 is 0 Å². The van der Waals surface area contributed by atoms with Crippen LogP contribution in [0.3, 0.4) is 0 Å². The number of aromatic nitrogens is 4. The molecule has 17 heavy (non-hydrogen) atoms. The van der Waals surface area contributed by atoms with Gasteiger partial charge in [-0.1, -0.05) is 5.16 Å². The van der Waals surface area contributed by atoms with Crippen molar-refractivity contribution in [1.82, 2.24) is 20.1 Å². The Labute approximate surface area is 98.4 Å². The Kier molecular flexibility index (Phi) is 3.84. The number of methoxy groups -OCH3 is 1. The van der Waals surface area contributed by atoms with Gasteiger partial charge >= 0.3 is 0 Å². The lowest BCUT2D eigenvalue weighted by Crippen LogP contribution is -2.11. The first kappa shape index (κ1) is 11.7. The van der Waals surface area contributed by atoms with Gasteiger partial charge in [0.1, 0.15) is 0 Å². The zero-order valence-corrected chi connectivity index (χ0v) is 9.59. The lowest BCUT2D eigenvalue weighted by molar-refractivity contribution is 0.188. The van der Waals surface area contributed by atoms with E-state index >= 15 is 0 Å². The Morgan fingerprint density at radius 1 is 1.59 bits per heavy atom. The first-order valence-corrected chi connectivity index (χ1v) is 5.39. The van der Waals surface area contributed by atoms with Crippen molar-refractivity contribution in [3.05, 3.63) is 18.3 Å². The lowest BCUT2D eigenvalue weighted by Gasteiger charge is -2.04. The Morgan fingerprint density at radius 2 is 2.47 bits per heavy atom. The molecule has 0 aliphatic carbocycles. The number of rotatable bonds is 6. The number of imidazole rings is 1. The zero-order valence-electron chi connectivity index (χ0n) is 9.59. The van der Waals surface area contributed by atoms with Gasteiger partial charge in [-0.25, -0.2) is 4.98 Å². The average Bonchev–Trinajstić information content (AvgIpc) is 3.00. The van der Waals surface area contributed by atoms with Gasteiger partial charge in [-0.2, -0.15) is 4.98 Å². The van der Waals surface area contributed by atoms with Gasteiger partial charge in [-0.05, 0) is 12.8 Å². The fourth-order valence-corrected chi connectivity index (χ4v) is 1.44. The molecule has 2 heterocycles. The second kappa shape index (κ2) is 5.55. The molecule has 0 saturated heterocycles. The summed E-state index contributed by atoms with van der Waals surface area (Å²) in [6.07, 6.45) is 4.93. The molecule has 2 aromatic rings. The first-order chi connectivity index (χ1) is 8.31. The van der Waals surface area contributed by atoms with Gasteiger partial charge in [0, 0.05) is 26.1 Å². The molecule has 0 amide bonds. The van der Waals surface area contributed by atoms with E-state index in [4.69, 9.17) is 15.0 Å². The van der Waals surface area contributed by atoms with Crippen LogP contribution < -0.4 is 5.73 Å². The third kappa shape index (κ3) is 2.89. The van der Waals surface area contributed by atoms with Crippen LogP contribution in [0.15, 0.2) is 16.9 Å². The summed E-state index contributed by atoms with van der Waals surface area (Å²) in [7, 11) is 1.66. The SMILES string of the molecule is COCCCC(N)c1nc(-c2ncc[nH]2)no1. The van der Waals surface area contributed by atoms with Gasteiger partial charge in [-0.3, -0.25) is 0 Å². The van der Waals surface area contributed by atoms with Crippen molar-refractivity contribution in [2.45, 2.75) is 18.9 Å². The smallest absolute Gasteiger partial charge is 0.243 e. The summed E-state index contributed by atoms with van der Waals surface area (Å²) in [5.74, 6) is 1.42. The highest BCUT2D eigenvalue weighted by molar-refractivity contribution is 5.40. The van der Waals surface area contributed by atoms with Crippen LogP contribution in [0.2, 0.25) is 0 Å². The molecule has 1 atom stereocenters. The molecule has 2 aromatic heterocycles. The summed E-state index contributed by atoms with van der Waals surface area (Å²) in [5, 5.41) is 3.82. The molecular formula is C10H15N5O2. The molecule has 0 aliphatic rings. The van der Waals surface area contributed by atoms with Crippen molar-refractivity contribution < 1.29 is 9.26 Å². The normalized spacial score (nSPS) is 12.8. The maximum atomic E-state index is 5.92. The van der Waals surface area contributed by atoms with Crippen LogP contribution in [0.5, 0.6) is 0 Å². The Hall–Kier alpha value is -1.73. The summed E-state index contributed by atoms with van der Waals surface area (Å²) in [6.45, 7) is 0.673. The largest absolute Gasteiger partial charge is 0.385 e. The Bertz CT molecular complexity index is 439. The number of nitrogens with two attached hydrogens (primary N) is 1. The van der Waals surface area contributed by atoms with Crippen LogP contribution in [0.1, 0.15) is 24.8 Å². The number of hydrogen-bond acceptors (Lipinski definition) is 6. The molecule has 0 radical (unpaired) electrons. The molecule has 0 bridgehead atoms. The fraction of sp³-hybridized carbons (Fsp3) is 0.500. The number of hydrogen-bond donors (Lipinski definition) is 2. The standard InChI is InChI=1S/C10H15N5O2/c1-16-6-2-3-7(11)10-14-9(15-17-10)8-12-4-5-13-8/h4-5,7H,2-3,6,11H2,1H3,(H,12,13). The van der Waals surface area contributed by atoms with E-state index in [-0.39, 0.29) is 6.04 Å². The van der Waals surface area contributed by atoms with E-state index < -0.39 is 0 Å². The molecule has 1 unspecified atom stereocenters. The van der Waals surface area contributed by atoms with Gasteiger partial charge < -0.3 is 20.0 Å². The van der Waals surface area contributed by atoms with E-state index in [9.17, 15) is 0 Å². The van der Waals surface area contributed by atoms with Crippen molar-refractivity contribution in [1.29, 1.82) is 0 Å². The summed E-state index contributed by atoms with van der Waals surface area (Å²) in [5.41, 5.74) is 5.92. The number of nitrogens with one attached hydrogen (secondary N) is 1. The topological polar surface area (TPSA) is 103 Å². The van der Waals surface area contributed by atoms with Crippen LogP contribution in [-0.2, 0) is 4.74 Å². The van der Waals surface area contributed by atoms with E-state index in [0.717, 1.165) is 12.8 Å². The first-order valence-electron chi connectivity index (χ1n) is 5.39. The molecule has 0 spiro atoms. The Balaban J connectivity index is 1.98.